The van der Waals surface area contributed by atoms with Gasteiger partial charge >= 0.3 is 0 Å². The molecule has 0 bridgehead atoms. The molecule has 0 aliphatic rings. The first-order valence-corrected chi connectivity index (χ1v) is 4.03. The number of aliphatic hydroxyl groups excluding tert-OH is 1. The summed E-state index contributed by atoms with van der Waals surface area (Å²) in [4.78, 5) is 11.0. The van der Waals surface area contributed by atoms with E-state index >= 15 is 0 Å². The first kappa shape index (κ1) is 10.4. The number of nitrogens with one attached hydrogen (secondary N) is 1. The van der Waals surface area contributed by atoms with Gasteiger partial charge in [0.15, 0.2) is 0 Å². The SMILES string of the molecule is CCC(CO)NC(=O)C(C)C. The molecule has 2 N–H and O–H groups in total. The van der Waals surface area contributed by atoms with Crippen LogP contribution in [-0.4, -0.2) is 23.7 Å². The van der Waals surface area contributed by atoms with Crippen molar-refractivity contribution in [3.05, 3.63) is 0 Å². The van der Waals surface area contributed by atoms with Crippen LogP contribution < -0.4 is 5.32 Å². The Labute approximate surface area is 67.8 Å². The number of hydrogen-bond donors (Lipinski definition) is 2. The van der Waals surface area contributed by atoms with Gasteiger partial charge in [-0.2, -0.15) is 0 Å². The molecule has 0 saturated carbocycles. The Morgan fingerprint density at radius 1 is 1.55 bits per heavy atom. The van der Waals surface area contributed by atoms with Crippen molar-refractivity contribution < 1.29 is 9.90 Å². The molecule has 0 aliphatic heterocycles. The van der Waals surface area contributed by atoms with E-state index in [4.69, 9.17) is 5.11 Å². The van der Waals surface area contributed by atoms with Crippen molar-refractivity contribution in [2.24, 2.45) is 5.92 Å². The molecule has 1 amide bonds. The van der Waals surface area contributed by atoms with E-state index in [1.807, 2.05) is 20.8 Å². The highest BCUT2D eigenvalue weighted by Crippen LogP contribution is 1.95. The monoisotopic (exact) mass is 159 g/mol. The smallest absolute Gasteiger partial charge is 0.222 e. The number of carbonyl (C=O) groups excluding carboxylic acids is 1. The lowest BCUT2D eigenvalue weighted by molar-refractivity contribution is -0.125. The van der Waals surface area contributed by atoms with Crippen molar-refractivity contribution in [1.29, 1.82) is 0 Å². The second kappa shape index (κ2) is 5.13. The normalized spacial score (nSPS) is 13.2. The Hall–Kier alpha value is -0.570. The molecule has 3 nitrogen and oxygen atoms in total. The molecule has 66 valence electrons. The van der Waals surface area contributed by atoms with Gasteiger partial charge in [0.1, 0.15) is 0 Å². The summed E-state index contributed by atoms with van der Waals surface area (Å²) in [5.74, 6) is 0.00139. The van der Waals surface area contributed by atoms with E-state index in [0.717, 1.165) is 6.42 Å². The molecule has 0 aromatic rings. The highest BCUT2D eigenvalue weighted by molar-refractivity contribution is 5.78. The van der Waals surface area contributed by atoms with E-state index in [9.17, 15) is 4.79 Å². The third-order valence-electron chi connectivity index (χ3n) is 1.58. The average Bonchev–Trinajstić information content (AvgIpc) is 1.99. The Morgan fingerprint density at radius 2 is 2.09 bits per heavy atom. The van der Waals surface area contributed by atoms with Crippen molar-refractivity contribution in [3.8, 4) is 0 Å². The minimum Gasteiger partial charge on any atom is -0.394 e. The van der Waals surface area contributed by atoms with Crippen molar-refractivity contribution in [2.45, 2.75) is 33.2 Å². The van der Waals surface area contributed by atoms with Crippen LogP contribution in [-0.2, 0) is 4.79 Å². The Kier molecular flexibility index (Phi) is 4.86. The van der Waals surface area contributed by atoms with Gasteiger partial charge < -0.3 is 10.4 Å². The summed E-state index contributed by atoms with van der Waals surface area (Å²) in [5.41, 5.74) is 0. The lowest BCUT2D eigenvalue weighted by atomic mass is 10.1. The van der Waals surface area contributed by atoms with E-state index < -0.39 is 0 Å². The molecule has 0 rings (SSSR count). The van der Waals surface area contributed by atoms with Crippen molar-refractivity contribution >= 4 is 5.91 Å². The zero-order chi connectivity index (χ0) is 8.85. The average molecular weight is 159 g/mol. The van der Waals surface area contributed by atoms with Crippen molar-refractivity contribution in [1.82, 2.24) is 5.32 Å². The Morgan fingerprint density at radius 3 is 2.36 bits per heavy atom. The van der Waals surface area contributed by atoms with Crippen molar-refractivity contribution in [2.75, 3.05) is 6.61 Å². The summed E-state index contributed by atoms with van der Waals surface area (Å²) in [7, 11) is 0. The molecule has 0 radical (unpaired) electrons. The zero-order valence-electron chi connectivity index (χ0n) is 7.42. The first-order chi connectivity index (χ1) is 5.11. The molecular weight excluding hydrogens is 142 g/mol. The highest BCUT2D eigenvalue weighted by atomic mass is 16.3. The molecule has 0 fully saturated rings. The molecule has 0 spiro atoms. The fraction of sp³-hybridized carbons (Fsp3) is 0.875. The summed E-state index contributed by atoms with van der Waals surface area (Å²) in [6.07, 6.45) is 0.773. The lowest BCUT2D eigenvalue weighted by Gasteiger charge is -2.15. The quantitative estimate of drug-likeness (QED) is 0.628. The van der Waals surface area contributed by atoms with E-state index in [1.165, 1.54) is 0 Å². The van der Waals surface area contributed by atoms with E-state index in [0.29, 0.717) is 0 Å². The molecule has 0 aromatic carbocycles. The third-order valence-corrected chi connectivity index (χ3v) is 1.58. The Bertz CT molecular complexity index is 119. The van der Waals surface area contributed by atoms with Gasteiger partial charge in [-0.05, 0) is 6.42 Å². The second-order valence-corrected chi connectivity index (χ2v) is 2.95. The van der Waals surface area contributed by atoms with Gasteiger partial charge in [-0.25, -0.2) is 0 Å². The fourth-order valence-corrected chi connectivity index (χ4v) is 0.645. The highest BCUT2D eigenvalue weighted by Gasteiger charge is 2.11. The zero-order valence-corrected chi connectivity index (χ0v) is 7.42. The maximum absolute atomic E-state index is 11.0. The number of aliphatic hydroxyl groups is 1. The minimum absolute atomic E-state index is 0.00407. The molecule has 0 aliphatic carbocycles. The minimum atomic E-state index is -0.0788. The molecular formula is C8H17NO2. The largest absolute Gasteiger partial charge is 0.394 e. The van der Waals surface area contributed by atoms with Crippen LogP contribution in [0.25, 0.3) is 0 Å². The topological polar surface area (TPSA) is 49.3 Å². The van der Waals surface area contributed by atoms with E-state index in [-0.39, 0.29) is 24.5 Å². The maximum atomic E-state index is 11.0. The summed E-state index contributed by atoms with van der Waals surface area (Å²) < 4.78 is 0. The predicted octanol–water partition coefficient (Wildman–Crippen LogP) is 0.529. The van der Waals surface area contributed by atoms with Gasteiger partial charge in [0.05, 0.1) is 12.6 Å². The van der Waals surface area contributed by atoms with Crippen LogP contribution in [0.4, 0.5) is 0 Å². The van der Waals surface area contributed by atoms with Crippen LogP contribution in [0.3, 0.4) is 0 Å². The van der Waals surface area contributed by atoms with Crippen LogP contribution in [0.15, 0.2) is 0 Å². The number of rotatable bonds is 4. The molecule has 3 heteroatoms. The Balaban J connectivity index is 3.72. The maximum Gasteiger partial charge on any atom is 0.222 e. The van der Waals surface area contributed by atoms with Crippen LogP contribution in [0.5, 0.6) is 0 Å². The molecule has 1 atom stereocenters. The summed E-state index contributed by atoms with van der Waals surface area (Å²) >= 11 is 0. The van der Waals surface area contributed by atoms with Gasteiger partial charge in [-0.1, -0.05) is 20.8 Å². The number of amides is 1. The number of carbonyl (C=O) groups is 1. The van der Waals surface area contributed by atoms with Gasteiger partial charge in [-0.3, -0.25) is 4.79 Å². The van der Waals surface area contributed by atoms with Crippen LogP contribution in [0.1, 0.15) is 27.2 Å². The van der Waals surface area contributed by atoms with Gasteiger partial charge in [0.2, 0.25) is 5.91 Å². The van der Waals surface area contributed by atoms with Crippen LogP contribution in [0.2, 0.25) is 0 Å². The lowest BCUT2D eigenvalue weighted by Crippen LogP contribution is -2.39. The van der Waals surface area contributed by atoms with E-state index in [2.05, 4.69) is 5.32 Å². The fourth-order valence-electron chi connectivity index (χ4n) is 0.645. The molecule has 11 heavy (non-hydrogen) atoms. The predicted molar refractivity (Wildman–Crippen MR) is 44.1 cm³/mol. The molecule has 0 heterocycles. The van der Waals surface area contributed by atoms with Crippen LogP contribution >= 0.6 is 0 Å². The summed E-state index contributed by atoms with van der Waals surface area (Å²) in [6.45, 7) is 5.62. The van der Waals surface area contributed by atoms with Gasteiger partial charge in [0.25, 0.3) is 0 Å². The molecule has 1 unspecified atom stereocenters. The van der Waals surface area contributed by atoms with Gasteiger partial charge in [-0.15, -0.1) is 0 Å². The van der Waals surface area contributed by atoms with Gasteiger partial charge in [0, 0.05) is 5.92 Å². The van der Waals surface area contributed by atoms with E-state index in [1.54, 1.807) is 0 Å². The first-order valence-electron chi connectivity index (χ1n) is 4.03. The van der Waals surface area contributed by atoms with Crippen LogP contribution in [0, 0.1) is 5.92 Å². The molecule has 0 aromatic heterocycles. The second-order valence-electron chi connectivity index (χ2n) is 2.95. The molecule has 0 saturated heterocycles. The summed E-state index contributed by atoms with van der Waals surface area (Å²) in [5, 5.41) is 11.5. The van der Waals surface area contributed by atoms with Crippen molar-refractivity contribution in [3.63, 3.8) is 0 Å². The summed E-state index contributed by atoms with van der Waals surface area (Å²) in [6, 6.07) is -0.0788. The number of hydrogen-bond acceptors (Lipinski definition) is 2. The third kappa shape index (κ3) is 3.98. The standard InChI is InChI=1S/C8H17NO2/c1-4-7(5-10)9-8(11)6(2)3/h6-7,10H,4-5H2,1-3H3,(H,9,11).